The van der Waals surface area contributed by atoms with Gasteiger partial charge in [-0.1, -0.05) is 36.4 Å². The van der Waals surface area contributed by atoms with Crippen LogP contribution in [0.1, 0.15) is 29.2 Å². The number of aliphatic hydroxyl groups is 1. The predicted octanol–water partition coefficient (Wildman–Crippen LogP) is 2.70. The summed E-state index contributed by atoms with van der Waals surface area (Å²) in [7, 11) is 0. The molecule has 0 aliphatic heterocycles. The van der Waals surface area contributed by atoms with Gasteiger partial charge in [-0.3, -0.25) is 0 Å². The van der Waals surface area contributed by atoms with Crippen LogP contribution in [0.3, 0.4) is 0 Å². The van der Waals surface area contributed by atoms with E-state index in [2.05, 4.69) is 6.07 Å². The summed E-state index contributed by atoms with van der Waals surface area (Å²) < 4.78 is 13.0. The first-order chi connectivity index (χ1) is 9.67. The molecule has 0 aromatic heterocycles. The Morgan fingerprint density at radius 3 is 2.55 bits per heavy atom. The summed E-state index contributed by atoms with van der Waals surface area (Å²) in [5.41, 5.74) is 8.64. The Hall–Kier alpha value is -1.71. The third-order valence-electron chi connectivity index (χ3n) is 4.47. The number of benzene rings is 2. The highest BCUT2D eigenvalue weighted by Gasteiger charge is 2.43. The lowest BCUT2D eigenvalue weighted by Crippen LogP contribution is -2.39. The third-order valence-corrected chi connectivity index (χ3v) is 4.47. The molecule has 0 spiro atoms. The van der Waals surface area contributed by atoms with Gasteiger partial charge in [-0.15, -0.1) is 0 Å². The van der Waals surface area contributed by atoms with Crippen LogP contribution < -0.4 is 5.73 Å². The van der Waals surface area contributed by atoms with Crippen molar-refractivity contribution in [3.8, 4) is 0 Å². The molecule has 2 aromatic rings. The molecule has 0 bridgehead atoms. The van der Waals surface area contributed by atoms with Crippen molar-refractivity contribution in [3.05, 3.63) is 71.0 Å². The number of nitrogens with two attached hydrogens (primary N) is 1. The molecule has 2 nitrogen and oxygen atoms in total. The molecule has 1 aliphatic rings. The number of halogens is 1. The van der Waals surface area contributed by atoms with E-state index in [0.717, 1.165) is 18.4 Å². The van der Waals surface area contributed by atoms with Crippen LogP contribution in [0.25, 0.3) is 0 Å². The van der Waals surface area contributed by atoms with Crippen LogP contribution in [0, 0.1) is 5.82 Å². The van der Waals surface area contributed by atoms with Crippen molar-refractivity contribution in [1.29, 1.82) is 0 Å². The molecule has 2 atom stereocenters. The minimum Gasteiger partial charge on any atom is -0.387 e. The van der Waals surface area contributed by atoms with Crippen LogP contribution in [0.15, 0.2) is 48.5 Å². The first-order valence-electron chi connectivity index (χ1n) is 6.89. The van der Waals surface area contributed by atoms with Gasteiger partial charge in [0, 0.05) is 12.0 Å². The summed E-state index contributed by atoms with van der Waals surface area (Å²) in [5.74, 6) is -0.297. The zero-order valence-electron chi connectivity index (χ0n) is 11.2. The second-order valence-electron chi connectivity index (χ2n) is 5.47. The second kappa shape index (κ2) is 5.00. The van der Waals surface area contributed by atoms with Gasteiger partial charge in [0.2, 0.25) is 0 Å². The van der Waals surface area contributed by atoms with E-state index in [-0.39, 0.29) is 5.82 Å². The standard InChI is InChI=1S/C17H18FNO/c18-14-7-5-13(6-8-14)16(20)17(11-19)10-9-12-3-1-2-4-15(12)17/h1-8,16,20H,9-11,19H2. The SMILES string of the molecule is NCC1(C(O)c2ccc(F)cc2)CCc2ccccc21. The zero-order valence-corrected chi connectivity index (χ0v) is 11.2. The lowest BCUT2D eigenvalue weighted by atomic mass is 9.74. The molecule has 0 heterocycles. The van der Waals surface area contributed by atoms with E-state index in [1.165, 1.54) is 17.7 Å². The molecule has 0 amide bonds. The van der Waals surface area contributed by atoms with E-state index in [1.807, 2.05) is 18.2 Å². The number of aliphatic hydroxyl groups excluding tert-OH is 1. The fourth-order valence-electron chi connectivity index (χ4n) is 3.29. The van der Waals surface area contributed by atoms with Crippen molar-refractivity contribution < 1.29 is 9.50 Å². The molecular weight excluding hydrogens is 253 g/mol. The highest BCUT2D eigenvalue weighted by Crippen LogP contribution is 2.46. The smallest absolute Gasteiger partial charge is 0.123 e. The maximum absolute atomic E-state index is 13.0. The van der Waals surface area contributed by atoms with Gasteiger partial charge in [-0.25, -0.2) is 4.39 Å². The normalized spacial score (nSPS) is 22.6. The topological polar surface area (TPSA) is 46.2 Å². The number of hydrogen-bond donors (Lipinski definition) is 2. The Balaban J connectivity index is 2.04. The van der Waals surface area contributed by atoms with Crippen LogP contribution in [0.5, 0.6) is 0 Å². The van der Waals surface area contributed by atoms with Crippen LogP contribution in [0.4, 0.5) is 4.39 Å². The van der Waals surface area contributed by atoms with Gasteiger partial charge >= 0.3 is 0 Å². The van der Waals surface area contributed by atoms with E-state index in [1.54, 1.807) is 12.1 Å². The van der Waals surface area contributed by atoms with Crippen molar-refractivity contribution in [2.24, 2.45) is 5.73 Å². The highest BCUT2D eigenvalue weighted by atomic mass is 19.1. The highest BCUT2D eigenvalue weighted by molar-refractivity contribution is 5.43. The van der Waals surface area contributed by atoms with E-state index < -0.39 is 11.5 Å². The van der Waals surface area contributed by atoms with Gasteiger partial charge in [0.05, 0.1) is 6.10 Å². The van der Waals surface area contributed by atoms with Crippen molar-refractivity contribution in [2.45, 2.75) is 24.4 Å². The first kappa shape index (κ1) is 13.3. The van der Waals surface area contributed by atoms with Crippen molar-refractivity contribution in [3.63, 3.8) is 0 Å². The van der Waals surface area contributed by atoms with Gasteiger partial charge in [0.25, 0.3) is 0 Å². The maximum Gasteiger partial charge on any atom is 0.123 e. The number of hydrogen-bond acceptors (Lipinski definition) is 2. The maximum atomic E-state index is 13.0. The van der Waals surface area contributed by atoms with E-state index in [9.17, 15) is 9.50 Å². The number of fused-ring (bicyclic) bond motifs is 1. The first-order valence-corrected chi connectivity index (χ1v) is 6.89. The van der Waals surface area contributed by atoms with Crippen LogP contribution in [-0.2, 0) is 11.8 Å². The summed E-state index contributed by atoms with van der Waals surface area (Å²) >= 11 is 0. The lowest BCUT2D eigenvalue weighted by Gasteiger charge is -2.34. The quantitative estimate of drug-likeness (QED) is 0.901. The van der Waals surface area contributed by atoms with Gasteiger partial charge < -0.3 is 10.8 Å². The Labute approximate surface area is 118 Å². The third kappa shape index (κ3) is 1.94. The van der Waals surface area contributed by atoms with E-state index in [4.69, 9.17) is 5.73 Å². The van der Waals surface area contributed by atoms with Crippen molar-refractivity contribution in [2.75, 3.05) is 6.54 Å². The average Bonchev–Trinajstić information content (AvgIpc) is 2.87. The van der Waals surface area contributed by atoms with Crippen molar-refractivity contribution >= 4 is 0 Å². The summed E-state index contributed by atoms with van der Waals surface area (Å²) in [6.45, 7) is 0.378. The van der Waals surface area contributed by atoms with Crippen molar-refractivity contribution in [1.82, 2.24) is 0 Å². The van der Waals surface area contributed by atoms with Gasteiger partial charge in [0.1, 0.15) is 5.82 Å². The molecule has 0 saturated carbocycles. The average molecular weight is 271 g/mol. The molecule has 0 fully saturated rings. The van der Waals surface area contributed by atoms with Crippen LogP contribution in [0.2, 0.25) is 0 Å². The largest absolute Gasteiger partial charge is 0.387 e. The Bertz CT molecular complexity index is 611. The summed E-state index contributed by atoms with van der Waals surface area (Å²) in [4.78, 5) is 0. The molecule has 3 heteroatoms. The molecule has 3 N–H and O–H groups in total. The van der Waals surface area contributed by atoms with E-state index >= 15 is 0 Å². The van der Waals surface area contributed by atoms with E-state index in [0.29, 0.717) is 12.1 Å². The Morgan fingerprint density at radius 2 is 1.85 bits per heavy atom. The summed E-state index contributed by atoms with van der Waals surface area (Å²) in [6.07, 6.45) is 1.03. The van der Waals surface area contributed by atoms with Gasteiger partial charge in [-0.2, -0.15) is 0 Å². The molecule has 3 rings (SSSR count). The summed E-state index contributed by atoms with van der Waals surface area (Å²) in [6, 6.07) is 14.2. The molecule has 0 saturated heterocycles. The number of aryl methyl sites for hydroxylation is 1. The Morgan fingerprint density at radius 1 is 1.15 bits per heavy atom. The monoisotopic (exact) mass is 271 g/mol. The predicted molar refractivity (Wildman–Crippen MR) is 76.9 cm³/mol. The molecule has 1 aliphatic carbocycles. The zero-order chi connectivity index (χ0) is 14.2. The Kier molecular flexibility index (Phi) is 3.32. The van der Waals surface area contributed by atoms with Gasteiger partial charge in [-0.05, 0) is 41.7 Å². The fraction of sp³-hybridized carbons (Fsp3) is 0.294. The molecular formula is C17H18FNO. The molecule has 104 valence electrons. The van der Waals surface area contributed by atoms with Crippen LogP contribution >= 0.6 is 0 Å². The molecule has 0 radical (unpaired) electrons. The van der Waals surface area contributed by atoms with Gasteiger partial charge in [0.15, 0.2) is 0 Å². The minimum absolute atomic E-state index is 0.297. The molecule has 2 unspecified atom stereocenters. The summed E-state index contributed by atoms with van der Waals surface area (Å²) in [5, 5.41) is 10.8. The van der Waals surface area contributed by atoms with Crippen LogP contribution in [-0.4, -0.2) is 11.7 Å². The second-order valence-corrected chi connectivity index (χ2v) is 5.47. The molecule has 2 aromatic carbocycles. The lowest BCUT2D eigenvalue weighted by molar-refractivity contribution is 0.0840. The fourth-order valence-corrected chi connectivity index (χ4v) is 3.29. The minimum atomic E-state index is -0.711. The number of rotatable bonds is 3. The molecule has 20 heavy (non-hydrogen) atoms.